The van der Waals surface area contributed by atoms with Crippen molar-refractivity contribution in [3.63, 3.8) is 0 Å². The van der Waals surface area contributed by atoms with Crippen LogP contribution in [0.15, 0.2) is 12.1 Å². The highest BCUT2D eigenvalue weighted by Crippen LogP contribution is 2.60. The van der Waals surface area contributed by atoms with Gasteiger partial charge in [0.15, 0.2) is 5.82 Å². The SMILES string of the molecule is C[C@@H](C(=O)N(C)c1cc(C#N)c2nc(-c3nn(COCC[Si](C)(C)C)c4c3C[C@@H]3C[C@]3(C)C4)n(COCC[Si](C)(C)C)c2c1)C1CCOCC1. The van der Waals surface area contributed by atoms with Crippen LogP contribution in [0.1, 0.15) is 49.9 Å². The van der Waals surface area contributed by atoms with Crippen LogP contribution in [0.2, 0.25) is 51.4 Å². The predicted octanol–water partition coefficient (Wildman–Crippen LogP) is 7.55. The topological polar surface area (TPSA) is 107 Å². The van der Waals surface area contributed by atoms with E-state index in [1.165, 1.54) is 17.7 Å². The van der Waals surface area contributed by atoms with Crippen LogP contribution in [0, 0.1) is 34.5 Å². The smallest absolute Gasteiger partial charge is 0.229 e. The highest BCUT2D eigenvalue weighted by Gasteiger charge is 2.54. The summed E-state index contributed by atoms with van der Waals surface area (Å²) < 4.78 is 22.4. The number of hydrogen-bond donors (Lipinski definition) is 0. The second kappa shape index (κ2) is 14.3. The minimum atomic E-state index is -1.31. The van der Waals surface area contributed by atoms with Crippen molar-refractivity contribution < 1.29 is 19.0 Å². The average molecular weight is 719 g/mol. The van der Waals surface area contributed by atoms with Gasteiger partial charge < -0.3 is 19.1 Å². The Hall–Kier alpha value is -2.83. The number of nitriles is 1. The van der Waals surface area contributed by atoms with E-state index in [0.29, 0.717) is 60.5 Å². The van der Waals surface area contributed by atoms with E-state index in [4.69, 9.17) is 24.3 Å². The molecule has 272 valence electrons. The number of benzene rings is 1. The third-order valence-corrected chi connectivity index (χ3v) is 14.8. The fourth-order valence-corrected chi connectivity index (χ4v) is 9.13. The lowest BCUT2D eigenvalue weighted by Gasteiger charge is -2.30. The lowest BCUT2D eigenvalue weighted by atomic mass is 9.86. The molecule has 50 heavy (non-hydrogen) atoms. The molecule has 0 unspecified atom stereocenters. The molecule has 0 N–H and O–H groups in total. The van der Waals surface area contributed by atoms with Gasteiger partial charge in [-0.3, -0.25) is 9.36 Å². The van der Waals surface area contributed by atoms with E-state index in [-0.39, 0.29) is 24.5 Å². The molecule has 2 aliphatic carbocycles. The Morgan fingerprint density at radius 3 is 2.40 bits per heavy atom. The van der Waals surface area contributed by atoms with Crippen LogP contribution < -0.4 is 4.90 Å². The highest BCUT2D eigenvalue weighted by molar-refractivity contribution is 6.76. The van der Waals surface area contributed by atoms with E-state index in [9.17, 15) is 10.1 Å². The van der Waals surface area contributed by atoms with E-state index >= 15 is 0 Å². The molecule has 1 saturated heterocycles. The van der Waals surface area contributed by atoms with Gasteiger partial charge in [-0.05, 0) is 73.6 Å². The van der Waals surface area contributed by atoms with Crippen LogP contribution >= 0.6 is 0 Å². The minimum Gasteiger partial charge on any atom is -0.381 e. The summed E-state index contributed by atoms with van der Waals surface area (Å²) in [5.41, 5.74) is 6.19. The summed E-state index contributed by atoms with van der Waals surface area (Å²) in [6.07, 6.45) is 4.94. The van der Waals surface area contributed by atoms with Crippen molar-refractivity contribution in [2.45, 2.75) is 111 Å². The van der Waals surface area contributed by atoms with Crippen molar-refractivity contribution >= 4 is 38.8 Å². The van der Waals surface area contributed by atoms with Crippen molar-refractivity contribution in [3.05, 3.63) is 29.0 Å². The zero-order valence-corrected chi connectivity index (χ0v) is 33.9. The lowest BCUT2D eigenvalue weighted by molar-refractivity contribution is -0.124. The van der Waals surface area contributed by atoms with Gasteiger partial charge in [0.1, 0.15) is 30.7 Å². The van der Waals surface area contributed by atoms with Crippen LogP contribution in [0.4, 0.5) is 5.69 Å². The summed E-state index contributed by atoms with van der Waals surface area (Å²) in [6, 6.07) is 8.36. The molecule has 3 heterocycles. The number of carbonyl (C=O) groups is 1. The Morgan fingerprint density at radius 1 is 1.10 bits per heavy atom. The van der Waals surface area contributed by atoms with Gasteiger partial charge in [0.05, 0.1) is 11.1 Å². The van der Waals surface area contributed by atoms with Gasteiger partial charge in [-0.25, -0.2) is 9.67 Å². The molecular formula is C38H58N6O4Si2. The summed E-state index contributed by atoms with van der Waals surface area (Å²) in [7, 11) is -0.717. The quantitative estimate of drug-likeness (QED) is 0.125. The fourth-order valence-electron chi connectivity index (χ4n) is 7.61. The second-order valence-corrected chi connectivity index (χ2v) is 29.1. The number of carbonyl (C=O) groups excluding carboxylic acids is 1. The van der Waals surface area contributed by atoms with Gasteiger partial charge in [-0.1, -0.05) is 53.1 Å². The number of nitrogens with zero attached hydrogens (tertiary/aromatic N) is 6. The first-order valence-corrected chi connectivity index (χ1v) is 26.0. The standard InChI is InChI=1S/C38H58N6O4Si2/c1-26(27-10-12-46-13-11-27)37(45)42(3)30-18-28(23-39)34-32(20-30)43(24-47-14-16-49(4,5)6)36(40-34)35-31-19-29-21-38(29,2)22-33(31)44(41-35)25-48-15-17-50(7,8)9/h18,20,26-27,29H,10-17,19,21-22,24-25H2,1-9H3/t26-,29-,38-/m1/s1. The van der Waals surface area contributed by atoms with E-state index in [0.717, 1.165) is 55.6 Å². The molecule has 3 aromatic rings. The largest absolute Gasteiger partial charge is 0.381 e. The molecule has 2 aromatic heterocycles. The number of aromatic nitrogens is 4. The van der Waals surface area contributed by atoms with Crippen LogP contribution in [-0.4, -0.2) is 74.9 Å². The second-order valence-electron chi connectivity index (χ2n) is 17.9. The average Bonchev–Trinajstić information content (AvgIpc) is 3.43. The Balaban J connectivity index is 1.40. The number of imidazole rings is 1. The first-order chi connectivity index (χ1) is 23.6. The van der Waals surface area contributed by atoms with E-state index in [1.54, 1.807) is 11.0 Å². The summed E-state index contributed by atoms with van der Waals surface area (Å²) in [4.78, 5) is 20.7. The molecule has 1 saturated carbocycles. The van der Waals surface area contributed by atoms with E-state index in [1.807, 2.05) is 20.0 Å². The highest BCUT2D eigenvalue weighted by atomic mass is 28.3. The maximum Gasteiger partial charge on any atom is 0.229 e. The molecular weight excluding hydrogens is 661 g/mol. The van der Waals surface area contributed by atoms with Crippen molar-refractivity contribution in [2.75, 3.05) is 38.4 Å². The van der Waals surface area contributed by atoms with Crippen molar-refractivity contribution in [1.82, 2.24) is 19.3 Å². The molecule has 3 aliphatic rings. The predicted molar refractivity (Wildman–Crippen MR) is 204 cm³/mol. The number of ether oxygens (including phenoxy) is 3. The molecule has 6 rings (SSSR count). The van der Waals surface area contributed by atoms with Crippen molar-refractivity contribution in [2.24, 2.45) is 23.2 Å². The van der Waals surface area contributed by atoms with Gasteiger partial charge in [0.2, 0.25) is 5.91 Å². The molecule has 0 spiro atoms. The normalized spacial score (nSPS) is 21.5. The molecule has 3 atom stereocenters. The number of hydrogen-bond acceptors (Lipinski definition) is 7. The van der Waals surface area contributed by atoms with Gasteiger partial charge in [0, 0.05) is 72.5 Å². The summed E-state index contributed by atoms with van der Waals surface area (Å²) in [5.74, 6) is 1.54. The van der Waals surface area contributed by atoms with Gasteiger partial charge in [0.25, 0.3) is 0 Å². The third kappa shape index (κ3) is 7.97. The first kappa shape index (κ1) is 36.9. The Morgan fingerprint density at radius 2 is 1.76 bits per heavy atom. The van der Waals surface area contributed by atoms with Gasteiger partial charge in [-0.15, -0.1) is 0 Å². The zero-order chi connectivity index (χ0) is 36.0. The zero-order valence-electron chi connectivity index (χ0n) is 31.9. The summed E-state index contributed by atoms with van der Waals surface area (Å²) >= 11 is 0. The van der Waals surface area contributed by atoms with Crippen molar-refractivity contribution in [1.29, 1.82) is 5.26 Å². The third-order valence-electron chi connectivity index (χ3n) is 11.4. The Labute approximate surface area is 300 Å². The van der Waals surface area contributed by atoms with Crippen LogP contribution in [0.25, 0.3) is 22.6 Å². The van der Waals surface area contributed by atoms with Crippen LogP contribution in [-0.2, 0) is 45.3 Å². The number of rotatable bonds is 14. The molecule has 1 aliphatic heterocycles. The van der Waals surface area contributed by atoms with Crippen LogP contribution in [0.5, 0.6) is 0 Å². The van der Waals surface area contributed by atoms with Gasteiger partial charge >= 0.3 is 0 Å². The van der Waals surface area contributed by atoms with E-state index < -0.39 is 16.1 Å². The number of anilines is 1. The molecule has 1 aromatic carbocycles. The maximum atomic E-state index is 13.8. The molecule has 0 bridgehead atoms. The molecule has 2 fully saturated rings. The van der Waals surface area contributed by atoms with Gasteiger partial charge in [-0.2, -0.15) is 10.4 Å². The fraction of sp³-hybridized carbons (Fsp3) is 0.684. The molecule has 12 heteroatoms. The molecule has 10 nitrogen and oxygen atoms in total. The molecule has 1 amide bonds. The van der Waals surface area contributed by atoms with Crippen LogP contribution in [0.3, 0.4) is 0 Å². The Kier molecular flexibility index (Phi) is 10.6. The summed E-state index contributed by atoms with van der Waals surface area (Å²) in [5, 5.41) is 15.7. The first-order valence-electron chi connectivity index (χ1n) is 18.6. The monoisotopic (exact) mass is 718 g/mol. The lowest BCUT2D eigenvalue weighted by Crippen LogP contribution is -2.37. The van der Waals surface area contributed by atoms with Crippen molar-refractivity contribution in [3.8, 4) is 17.6 Å². The number of amides is 1. The minimum absolute atomic E-state index is 0.0484. The van der Waals surface area contributed by atoms with E-state index in [2.05, 4.69) is 61.5 Å². The molecule has 0 radical (unpaired) electrons. The summed E-state index contributed by atoms with van der Waals surface area (Å²) in [6.45, 7) is 22.1. The maximum absolute atomic E-state index is 13.8. The Bertz CT molecular complexity index is 1760. The number of fused-ring (bicyclic) bond motifs is 3.